The molecular weight excluding hydrogens is 311 g/mol. The average molecular weight is 323 g/mol. The van der Waals surface area contributed by atoms with Crippen LogP contribution in [0.3, 0.4) is 0 Å². The van der Waals surface area contributed by atoms with E-state index < -0.39 is 5.91 Å². The van der Waals surface area contributed by atoms with E-state index in [2.05, 4.69) is 5.32 Å². The van der Waals surface area contributed by atoms with Crippen molar-refractivity contribution in [1.82, 2.24) is 0 Å². The van der Waals surface area contributed by atoms with Gasteiger partial charge in [-0.2, -0.15) is 0 Å². The first-order chi connectivity index (χ1) is 10.0. The summed E-state index contributed by atoms with van der Waals surface area (Å²) in [5.41, 5.74) is 7.09. The van der Waals surface area contributed by atoms with Gasteiger partial charge in [0, 0.05) is 17.0 Å². The molecule has 0 saturated heterocycles. The SMILES string of the molecule is NC(=O)c1ccc(Cl)c(NC(=O)c2cccc(CCl)c2)c1. The Morgan fingerprint density at radius 3 is 2.52 bits per heavy atom. The summed E-state index contributed by atoms with van der Waals surface area (Å²) in [7, 11) is 0. The Morgan fingerprint density at radius 2 is 1.86 bits per heavy atom. The van der Waals surface area contributed by atoms with Crippen LogP contribution in [0, 0.1) is 0 Å². The van der Waals surface area contributed by atoms with Crippen molar-refractivity contribution < 1.29 is 9.59 Å². The molecule has 0 aliphatic heterocycles. The van der Waals surface area contributed by atoms with Gasteiger partial charge in [0.05, 0.1) is 10.7 Å². The second-order valence-electron chi connectivity index (χ2n) is 4.35. The lowest BCUT2D eigenvalue weighted by atomic mass is 10.1. The topological polar surface area (TPSA) is 72.2 Å². The monoisotopic (exact) mass is 322 g/mol. The number of hydrogen-bond acceptors (Lipinski definition) is 2. The van der Waals surface area contributed by atoms with Crippen molar-refractivity contribution in [3.8, 4) is 0 Å². The lowest BCUT2D eigenvalue weighted by Crippen LogP contribution is -2.15. The van der Waals surface area contributed by atoms with E-state index in [1.807, 2.05) is 6.07 Å². The van der Waals surface area contributed by atoms with Crippen LogP contribution in [-0.4, -0.2) is 11.8 Å². The van der Waals surface area contributed by atoms with Crippen molar-refractivity contribution in [2.45, 2.75) is 5.88 Å². The number of amides is 2. The van der Waals surface area contributed by atoms with Gasteiger partial charge in [-0.05, 0) is 35.9 Å². The molecule has 0 unspecified atom stereocenters. The molecule has 2 aromatic carbocycles. The number of hydrogen-bond donors (Lipinski definition) is 2. The molecule has 0 aliphatic rings. The van der Waals surface area contributed by atoms with Gasteiger partial charge in [-0.15, -0.1) is 11.6 Å². The molecule has 2 rings (SSSR count). The second-order valence-corrected chi connectivity index (χ2v) is 5.02. The van der Waals surface area contributed by atoms with E-state index in [0.29, 0.717) is 22.2 Å². The van der Waals surface area contributed by atoms with Crippen LogP contribution in [0.4, 0.5) is 5.69 Å². The number of benzene rings is 2. The Labute approximate surface area is 131 Å². The van der Waals surface area contributed by atoms with E-state index in [9.17, 15) is 9.59 Å². The third-order valence-electron chi connectivity index (χ3n) is 2.84. The molecule has 6 heteroatoms. The van der Waals surface area contributed by atoms with Crippen molar-refractivity contribution in [2.24, 2.45) is 5.73 Å². The molecule has 0 atom stereocenters. The Morgan fingerprint density at radius 1 is 1.10 bits per heavy atom. The average Bonchev–Trinajstić information content (AvgIpc) is 2.49. The van der Waals surface area contributed by atoms with Crippen LogP contribution >= 0.6 is 23.2 Å². The van der Waals surface area contributed by atoms with Gasteiger partial charge >= 0.3 is 0 Å². The number of alkyl halides is 1. The van der Waals surface area contributed by atoms with E-state index in [-0.39, 0.29) is 11.5 Å². The summed E-state index contributed by atoms with van der Waals surface area (Å²) in [6.07, 6.45) is 0. The van der Waals surface area contributed by atoms with E-state index >= 15 is 0 Å². The molecule has 0 spiro atoms. The van der Waals surface area contributed by atoms with E-state index in [1.165, 1.54) is 18.2 Å². The van der Waals surface area contributed by atoms with Crippen molar-refractivity contribution in [3.63, 3.8) is 0 Å². The first-order valence-corrected chi connectivity index (χ1v) is 6.98. The Hall–Kier alpha value is -2.04. The zero-order valence-electron chi connectivity index (χ0n) is 10.9. The zero-order chi connectivity index (χ0) is 15.4. The van der Waals surface area contributed by atoms with Gasteiger partial charge in [-0.25, -0.2) is 0 Å². The number of primary amides is 1. The maximum atomic E-state index is 12.2. The standard InChI is InChI=1S/C15H12Cl2N2O2/c16-8-9-2-1-3-11(6-9)15(21)19-13-7-10(14(18)20)4-5-12(13)17/h1-7H,8H2,(H2,18,20)(H,19,21). The van der Waals surface area contributed by atoms with Gasteiger partial charge < -0.3 is 11.1 Å². The molecule has 2 amide bonds. The maximum absolute atomic E-state index is 12.2. The van der Waals surface area contributed by atoms with Crippen LogP contribution in [0.5, 0.6) is 0 Å². The van der Waals surface area contributed by atoms with Gasteiger partial charge in [0.2, 0.25) is 5.91 Å². The minimum atomic E-state index is -0.591. The van der Waals surface area contributed by atoms with Crippen molar-refractivity contribution in [3.05, 3.63) is 64.2 Å². The summed E-state index contributed by atoms with van der Waals surface area (Å²) in [6, 6.07) is 11.4. The predicted molar refractivity (Wildman–Crippen MR) is 83.9 cm³/mol. The Balaban J connectivity index is 2.26. The maximum Gasteiger partial charge on any atom is 0.255 e. The number of anilines is 1. The van der Waals surface area contributed by atoms with E-state index in [0.717, 1.165) is 5.56 Å². The van der Waals surface area contributed by atoms with Gasteiger partial charge in [0.25, 0.3) is 5.91 Å². The highest BCUT2D eigenvalue weighted by Crippen LogP contribution is 2.23. The second kappa shape index (κ2) is 6.61. The van der Waals surface area contributed by atoms with Crippen LogP contribution in [0.1, 0.15) is 26.3 Å². The minimum Gasteiger partial charge on any atom is -0.366 e. The van der Waals surface area contributed by atoms with Gasteiger partial charge in [-0.1, -0.05) is 23.7 Å². The highest BCUT2D eigenvalue weighted by atomic mass is 35.5. The molecule has 108 valence electrons. The van der Waals surface area contributed by atoms with Gasteiger partial charge in [-0.3, -0.25) is 9.59 Å². The summed E-state index contributed by atoms with van der Waals surface area (Å²) in [5, 5.41) is 2.97. The molecule has 0 aliphatic carbocycles. The van der Waals surface area contributed by atoms with E-state index in [4.69, 9.17) is 28.9 Å². The fourth-order valence-electron chi connectivity index (χ4n) is 1.76. The summed E-state index contributed by atoms with van der Waals surface area (Å²) in [6.45, 7) is 0. The van der Waals surface area contributed by atoms with Crippen molar-refractivity contribution >= 4 is 40.7 Å². The minimum absolute atomic E-state index is 0.268. The normalized spacial score (nSPS) is 10.2. The van der Waals surface area contributed by atoms with Gasteiger partial charge in [0.15, 0.2) is 0 Å². The Kier molecular flexibility index (Phi) is 4.83. The lowest BCUT2D eigenvalue weighted by Gasteiger charge is -2.09. The van der Waals surface area contributed by atoms with E-state index in [1.54, 1.807) is 18.2 Å². The molecule has 21 heavy (non-hydrogen) atoms. The number of carbonyl (C=O) groups is 2. The number of nitrogens with two attached hydrogens (primary N) is 1. The fourth-order valence-corrected chi connectivity index (χ4v) is 2.10. The van der Waals surface area contributed by atoms with Crippen LogP contribution in [-0.2, 0) is 5.88 Å². The van der Waals surface area contributed by atoms with Crippen LogP contribution in [0.2, 0.25) is 5.02 Å². The molecule has 0 radical (unpaired) electrons. The third-order valence-corrected chi connectivity index (χ3v) is 3.48. The molecule has 2 aromatic rings. The third kappa shape index (κ3) is 3.74. The molecule has 0 heterocycles. The highest BCUT2D eigenvalue weighted by molar-refractivity contribution is 6.34. The molecule has 0 saturated carbocycles. The molecule has 4 nitrogen and oxygen atoms in total. The first-order valence-electron chi connectivity index (χ1n) is 6.07. The fraction of sp³-hybridized carbons (Fsp3) is 0.0667. The van der Waals surface area contributed by atoms with Crippen molar-refractivity contribution in [1.29, 1.82) is 0 Å². The first kappa shape index (κ1) is 15.4. The summed E-state index contributed by atoms with van der Waals surface area (Å²) in [5.74, 6) is -0.615. The highest BCUT2D eigenvalue weighted by Gasteiger charge is 2.11. The zero-order valence-corrected chi connectivity index (χ0v) is 12.4. The smallest absolute Gasteiger partial charge is 0.255 e. The van der Waals surface area contributed by atoms with Crippen LogP contribution in [0.25, 0.3) is 0 Å². The van der Waals surface area contributed by atoms with Crippen LogP contribution in [0.15, 0.2) is 42.5 Å². The summed E-state index contributed by atoms with van der Waals surface area (Å²) >= 11 is 11.7. The molecular formula is C15H12Cl2N2O2. The predicted octanol–water partition coefficient (Wildman–Crippen LogP) is 3.43. The molecule has 3 N–H and O–H groups in total. The molecule has 0 aromatic heterocycles. The summed E-state index contributed by atoms with van der Waals surface area (Å²) < 4.78 is 0. The number of carbonyl (C=O) groups excluding carboxylic acids is 2. The number of rotatable bonds is 4. The Bertz CT molecular complexity index is 702. The molecule has 0 bridgehead atoms. The van der Waals surface area contributed by atoms with Crippen molar-refractivity contribution in [2.75, 3.05) is 5.32 Å². The molecule has 0 fully saturated rings. The quantitative estimate of drug-likeness (QED) is 0.846. The number of nitrogens with one attached hydrogen (secondary N) is 1. The summed E-state index contributed by atoms with van der Waals surface area (Å²) in [4.78, 5) is 23.3. The van der Waals surface area contributed by atoms with Crippen LogP contribution < -0.4 is 11.1 Å². The van der Waals surface area contributed by atoms with Gasteiger partial charge in [0.1, 0.15) is 0 Å². The number of halogens is 2. The lowest BCUT2D eigenvalue weighted by molar-refractivity contribution is 0.0996. The largest absolute Gasteiger partial charge is 0.366 e.